The first-order chi connectivity index (χ1) is 11.3. The van der Waals surface area contributed by atoms with Crippen LogP contribution >= 0.6 is 23.5 Å². The van der Waals surface area contributed by atoms with E-state index in [0.29, 0.717) is 6.42 Å². The van der Waals surface area contributed by atoms with E-state index in [1.165, 1.54) is 13.2 Å². The predicted molar refractivity (Wildman–Crippen MR) is 95.0 cm³/mol. The lowest BCUT2D eigenvalue weighted by Gasteiger charge is -2.19. The Bertz CT molecular complexity index is 675. The summed E-state index contributed by atoms with van der Waals surface area (Å²) in [5, 5.41) is 24.6. The van der Waals surface area contributed by atoms with Gasteiger partial charge in [-0.2, -0.15) is 5.10 Å². The Labute approximate surface area is 147 Å². The first kappa shape index (κ1) is 18.4. The minimum Gasteiger partial charge on any atom is -0.502 e. The molecule has 1 saturated heterocycles. The largest absolute Gasteiger partial charge is 0.502 e. The number of nitro benzene ring substituents is 1. The van der Waals surface area contributed by atoms with Crippen molar-refractivity contribution in [3.63, 3.8) is 0 Å². The number of carbonyl (C=O) groups is 1. The number of hydrogen-bond donors (Lipinski definition) is 2. The molecule has 0 aromatic heterocycles. The van der Waals surface area contributed by atoms with Crippen LogP contribution in [0, 0.1) is 10.1 Å². The molecule has 0 radical (unpaired) electrons. The standard InChI is InChI=1S/C14H17N3O5S2/c1-14(23-3-4-24-14)7-12(18)16-15-8-9-5-10(22-2)6-11(13(9)19)17(20)21/h5-6,8,19H,3-4,7H2,1-2H3,(H,16,18)/b15-8-. The van der Waals surface area contributed by atoms with Crippen LogP contribution in [-0.2, 0) is 4.79 Å². The molecule has 10 heteroatoms. The number of phenolic OH excluding ortho intramolecular Hbond substituents is 1. The summed E-state index contributed by atoms with van der Waals surface area (Å²) in [5.41, 5.74) is 1.97. The molecule has 1 fully saturated rings. The summed E-state index contributed by atoms with van der Waals surface area (Å²) < 4.78 is 4.80. The summed E-state index contributed by atoms with van der Waals surface area (Å²) in [5.74, 6) is 1.44. The molecule has 24 heavy (non-hydrogen) atoms. The third kappa shape index (κ3) is 4.54. The molecule has 1 aliphatic heterocycles. The molecule has 1 heterocycles. The molecule has 0 saturated carbocycles. The van der Waals surface area contributed by atoms with Gasteiger partial charge in [-0.1, -0.05) is 0 Å². The highest BCUT2D eigenvalue weighted by Crippen LogP contribution is 2.45. The van der Waals surface area contributed by atoms with Gasteiger partial charge >= 0.3 is 5.69 Å². The molecule has 1 aromatic rings. The van der Waals surface area contributed by atoms with E-state index in [2.05, 4.69) is 10.5 Å². The van der Waals surface area contributed by atoms with Crippen molar-refractivity contribution < 1.29 is 19.6 Å². The van der Waals surface area contributed by atoms with Crippen molar-refractivity contribution in [2.24, 2.45) is 5.10 Å². The number of nitrogens with zero attached hydrogens (tertiary/aromatic N) is 2. The number of methoxy groups -OCH3 is 1. The van der Waals surface area contributed by atoms with Crippen molar-refractivity contribution in [3.05, 3.63) is 27.8 Å². The van der Waals surface area contributed by atoms with Gasteiger partial charge in [0, 0.05) is 17.1 Å². The van der Waals surface area contributed by atoms with Gasteiger partial charge in [-0.25, -0.2) is 5.43 Å². The van der Waals surface area contributed by atoms with Gasteiger partial charge in [-0.05, 0) is 13.0 Å². The van der Waals surface area contributed by atoms with Crippen LogP contribution in [0.2, 0.25) is 0 Å². The molecular weight excluding hydrogens is 354 g/mol. The van der Waals surface area contributed by atoms with Crippen LogP contribution in [0.5, 0.6) is 11.5 Å². The normalized spacial score (nSPS) is 16.2. The number of benzene rings is 1. The minimum absolute atomic E-state index is 0.0807. The number of ether oxygens (including phenoxy) is 1. The Morgan fingerprint density at radius 1 is 1.54 bits per heavy atom. The van der Waals surface area contributed by atoms with Crippen molar-refractivity contribution in [2.75, 3.05) is 18.6 Å². The molecule has 1 aromatic carbocycles. The van der Waals surface area contributed by atoms with Gasteiger partial charge in [0.05, 0.1) is 34.8 Å². The molecule has 0 unspecified atom stereocenters. The number of amides is 1. The second kappa shape index (κ2) is 7.75. The summed E-state index contributed by atoms with van der Waals surface area (Å²) in [6.45, 7) is 2.01. The Hall–Kier alpha value is -1.94. The zero-order chi connectivity index (χ0) is 17.7. The Balaban J connectivity index is 2.07. The van der Waals surface area contributed by atoms with Crippen molar-refractivity contribution >= 4 is 41.3 Å². The molecule has 1 aliphatic rings. The minimum atomic E-state index is -0.719. The molecule has 2 rings (SSSR count). The van der Waals surface area contributed by atoms with Gasteiger partial charge in [0.2, 0.25) is 11.7 Å². The van der Waals surface area contributed by atoms with Gasteiger partial charge < -0.3 is 9.84 Å². The second-order valence-corrected chi connectivity index (χ2v) is 8.60. The number of rotatable bonds is 6. The van der Waals surface area contributed by atoms with Crippen LogP contribution in [0.3, 0.4) is 0 Å². The Morgan fingerprint density at radius 2 is 2.21 bits per heavy atom. The lowest BCUT2D eigenvalue weighted by atomic mass is 10.1. The van der Waals surface area contributed by atoms with Crippen LogP contribution in [-0.4, -0.2) is 44.8 Å². The number of hydrazone groups is 1. The summed E-state index contributed by atoms with van der Waals surface area (Å²) in [6.07, 6.45) is 1.46. The van der Waals surface area contributed by atoms with Gasteiger partial charge in [0.25, 0.3) is 0 Å². The van der Waals surface area contributed by atoms with E-state index in [1.54, 1.807) is 23.5 Å². The van der Waals surface area contributed by atoms with E-state index in [1.807, 2.05) is 6.92 Å². The van der Waals surface area contributed by atoms with Crippen LogP contribution in [0.15, 0.2) is 17.2 Å². The van der Waals surface area contributed by atoms with Crippen molar-refractivity contribution in [3.8, 4) is 11.5 Å². The number of phenols is 1. The fraction of sp³-hybridized carbons (Fsp3) is 0.429. The van der Waals surface area contributed by atoms with Crippen molar-refractivity contribution in [1.29, 1.82) is 0 Å². The topological polar surface area (TPSA) is 114 Å². The summed E-state index contributed by atoms with van der Waals surface area (Å²) >= 11 is 3.47. The quantitative estimate of drug-likeness (QED) is 0.448. The number of thioether (sulfide) groups is 2. The predicted octanol–water partition coefficient (Wildman–Crippen LogP) is 2.35. The van der Waals surface area contributed by atoms with E-state index in [4.69, 9.17) is 4.74 Å². The molecule has 1 amide bonds. The molecule has 2 N–H and O–H groups in total. The lowest BCUT2D eigenvalue weighted by molar-refractivity contribution is -0.385. The van der Waals surface area contributed by atoms with Crippen LogP contribution in [0.25, 0.3) is 0 Å². The highest BCUT2D eigenvalue weighted by atomic mass is 32.2. The van der Waals surface area contributed by atoms with Crippen molar-refractivity contribution in [1.82, 2.24) is 5.43 Å². The summed E-state index contributed by atoms with van der Waals surface area (Å²) in [6, 6.07) is 2.50. The van der Waals surface area contributed by atoms with Gasteiger partial charge in [-0.3, -0.25) is 14.9 Å². The van der Waals surface area contributed by atoms with Gasteiger partial charge in [-0.15, -0.1) is 23.5 Å². The summed E-state index contributed by atoms with van der Waals surface area (Å²) in [4.78, 5) is 22.1. The maximum absolute atomic E-state index is 11.9. The maximum Gasteiger partial charge on any atom is 0.315 e. The number of aromatic hydroxyl groups is 1. The van der Waals surface area contributed by atoms with Crippen LogP contribution < -0.4 is 10.2 Å². The van der Waals surface area contributed by atoms with E-state index < -0.39 is 16.4 Å². The monoisotopic (exact) mass is 371 g/mol. The first-order valence-electron chi connectivity index (χ1n) is 7.00. The number of nitro groups is 1. The number of nitrogens with one attached hydrogen (secondary N) is 1. The molecular formula is C14H17N3O5S2. The average molecular weight is 371 g/mol. The van der Waals surface area contributed by atoms with Gasteiger partial charge in [0.15, 0.2) is 0 Å². The van der Waals surface area contributed by atoms with Crippen molar-refractivity contribution in [2.45, 2.75) is 17.4 Å². The summed E-state index contributed by atoms with van der Waals surface area (Å²) in [7, 11) is 1.36. The van der Waals surface area contributed by atoms with Crippen LogP contribution in [0.1, 0.15) is 18.9 Å². The molecule has 0 atom stereocenters. The SMILES string of the molecule is COc1cc(/C=N\NC(=O)CC2(C)SCCS2)c(O)c([N+](=O)[O-])c1. The molecule has 0 bridgehead atoms. The van der Waals surface area contributed by atoms with E-state index in [-0.39, 0.29) is 21.3 Å². The van der Waals surface area contributed by atoms with Gasteiger partial charge in [0.1, 0.15) is 5.75 Å². The Morgan fingerprint density at radius 3 is 2.79 bits per heavy atom. The highest BCUT2D eigenvalue weighted by Gasteiger charge is 2.32. The highest BCUT2D eigenvalue weighted by molar-refractivity contribution is 8.21. The third-order valence-electron chi connectivity index (χ3n) is 3.30. The zero-order valence-electron chi connectivity index (χ0n) is 13.1. The zero-order valence-corrected chi connectivity index (χ0v) is 14.8. The number of hydrogen-bond acceptors (Lipinski definition) is 8. The fourth-order valence-corrected chi connectivity index (χ4v) is 4.96. The van der Waals surface area contributed by atoms with Crippen LogP contribution in [0.4, 0.5) is 5.69 Å². The fourth-order valence-electron chi connectivity index (χ4n) is 2.13. The maximum atomic E-state index is 11.9. The van der Waals surface area contributed by atoms with E-state index in [9.17, 15) is 20.0 Å². The van der Waals surface area contributed by atoms with E-state index in [0.717, 1.165) is 23.8 Å². The molecule has 130 valence electrons. The lowest BCUT2D eigenvalue weighted by Crippen LogP contribution is -2.26. The third-order valence-corrected chi connectivity index (χ3v) is 6.59. The second-order valence-electron chi connectivity index (χ2n) is 5.14. The first-order valence-corrected chi connectivity index (χ1v) is 8.97. The molecule has 0 aliphatic carbocycles. The molecule has 0 spiro atoms. The molecule has 8 nitrogen and oxygen atoms in total. The Kier molecular flexibility index (Phi) is 5.94. The van der Waals surface area contributed by atoms with E-state index >= 15 is 0 Å². The smallest absolute Gasteiger partial charge is 0.315 e. The average Bonchev–Trinajstić information content (AvgIpc) is 2.94. The number of carbonyl (C=O) groups excluding carboxylic acids is 1.